The second-order valence-corrected chi connectivity index (χ2v) is 5.70. The lowest BCUT2D eigenvalue weighted by atomic mass is 10.0. The fourth-order valence-corrected chi connectivity index (χ4v) is 1.89. The standard InChI is InChI=1S/C10H20O2.C8H16O2/c1-4-6-7-10(5-2)8-12-9(3)11;1-4-8(5-2)6-10-7(3)9/h10H,4-8H2,1-3H3;8H,4-6H2,1-3H3. The molecule has 1 unspecified atom stereocenters. The van der Waals surface area contributed by atoms with Crippen molar-refractivity contribution in [2.24, 2.45) is 11.8 Å². The van der Waals surface area contributed by atoms with Gasteiger partial charge in [-0.05, 0) is 18.3 Å². The van der Waals surface area contributed by atoms with E-state index in [1.165, 1.54) is 33.1 Å². The average Bonchev–Trinajstić information content (AvgIpc) is 2.48. The Morgan fingerprint density at radius 1 is 0.773 bits per heavy atom. The summed E-state index contributed by atoms with van der Waals surface area (Å²) in [6, 6.07) is 0. The molecule has 22 heavy (non-hydrogen) atoms. The minimum atomic E-state index is -0.174. The molecule has 0 saturated heterocycles. The molecule has 0 amide bonds. The van der Waals surface area contributed by atoms with Gasteiger partial charge in [0.05, 0.1) is 13.2 Å². The molecule has 0 aromatic rings. The van der Waals surface area contributed by atoms with E-state index >= 15 is 0 Å². The van der Waals surface area contributed by atoms with Crippen LogP contribution >= 0.6 is 0 Å². The van der Waals surface area contributed by atoms with Gasteiger partial charge in [0.2, 0.25) is 0 Å². The molecule has 0 rings (SSSR count). The van der Waals surface area contributed by atoms with Crippen LogP contribution in [-0.2, 0) is 19.1 Å². The molecule has 0 heterocycles. The van der Waals surface area contributed by atoms with Crippen molar-refractivity contribution in [2.45, 2.75) is 80.1 Å². The summed E-state index contributed by atoms with van der Waals surface area (Å²) in [6.07, 6.45) is 6.91. The first-order valence-electron chi connectivity index (χ1n) is 8.67. The van der Waals surface area contributed by atoms with E-state index in [1.807, 2.05) is 0 Å². The van der Waals surface area contributed by atoms with Crippen molar-refractivity contribution < 1.29 is 19.1 Å². The summed E-state index contributed by atoms with van der Waals surface area (Å²) in [5, 5.41) is 0. The Bertz CT molecular complexity index is 272. The predicted molar refractivity (Wildman–Crippen MR) is 90.6 cm³/mol. The van der Waals surface area contributed by atoms with Crippen molar-refractivity contribution >= 4 is 11.9 Å². The van der Waals surface area contributed by atoms with E-state index in [-0.39, 0.29) is 11.9 Å². The highest BCUT2D eigenvalue weighted by atomic mass is 16.5. The number of ether oxygens (including phenoxy) is 2. The van der Waals surface area contributed by atoms with E-state index in [4.69, 9.17) is 9.47 Å². The number of carbonyl (C=O) groups excluding carboxylic acids is 2. The van der Waals surface area contributed by atoms with E-state index in [0.717, 1.165) is 19.3 Å². The molecule has 4 nitrogen and oxygen atoms in total. The highest BCUT2D eigenvalue weighted by Crippen LogP contribution is 2.12. The van der Waals surface area contributed by atoms with Crippen LogP contribution in [0.25, 0.3) is 0 Å². The van der Waals surface area contributed by atoms with Gasteiger partial charge in [0.25, 0.3) is 0 Å². The Morgan fingerprint density at radius 3 is 1.50 bits per heavy atom. The second kappa shape index (κ2) is 16.3. The topological polar surface area (TPSA) is 52.6 Å². The van der Waals surface area contributed by atoms with Crippen LogP contribution in [0.3, 0.4) is 0 Å². The number of esters is 2. The van der Waals surface area contributed by atoms with E-state index in [2.05, 4.69) is 27.7 Å². The summed E-state index contributed by atoms with van der Waals surface area (Å²) >= 11 is 0. The largest absolute Gasteiger partial charge is 0.466 e. The van der Waals surface area contributed by atoms with Crippen LogP contribution in [-0.4, -0.2) is 25.2 Å². The van der Waals surface area contributed by atoms with Crippen molar-refractivity contribution in [2.75, 3.05) is 13.2 Å². The molecular formula is C18H36O4. The lowest BCUT2D eigenvalue weighted by Crippen LogP contribution is -2.11. The number of hydrogen-bond donors (Lipinski definition) is 0. The van der Waals surface area contributed by atoms with E-state index in [9.17, 15) is 9.59 Å². The van der Waals surface area contributed by atoms with Gasteiger partial charge in [-0.1, -0.05) is 59.8 Å². The van der Waals surface area contributed by atoms with E-state index in [0.29, 0.717) is 25.0 Å². The van der Waals surface area contributed by atoms with Crippen molar-refractivity contribution in [3.63, 3.8) is 0 Å². The number of hydrogen-bond acceptors (Lipinski definition) is 4. The third-order valence-electron chi connectivity index (χ3n) is 3.74. The van der Waals surface area contributed by atoms with E-state index in [1.54, 1.807) is 0 Å². The molecule has 0 bridgehead atoms. The fraction of sp³-hybridized carbons (Fsp3) is 0.889. The lowest BCUT2D eigenvalue weighted by Gasteiger charge is -2.13. The van der Waals surface area contributed by atoms with E-state index < -0.39 is 0 Å². The maximum atomic E-state index is 10.5. The molecule has 0 aliphatic carbocycles. The van der Waals surface area contributed by atoms with Crippen molar-refractivity contribution in [1.29, 1.82) is 0 Å². The number of unbranched alkanes of at least 4 members (excludes halogenated alkanes) is 1. The summed E-state index contributed by atoms with van der Waals surface area (Å²) in [7, 11) is 0. The first kappa shape index (κ1) is 23.2. The van der Waals surface area contributed by atoms with Gasteiger partial charge in [-0.2, -0.15) is 0 Å². The predicted octanol–water partition coefficient (Wildman–Crippen LogP) is 4.75. The molecule has 0 saturated carbocycles. The maximum absolute atomic E-state index is 10.5. The van der Waals surface area contributed by atoms with Crippen LogP contribution in [0.15, 0.2) is 0 Å². The van der Waals surface area contributed by atoms with Crippen LogP contribution in [0.1, 0.15) is 80.1 Å². The summed E-state index contributed by atoms with van der Waals surface area (Å²) in [5.74, 6) is 0.773. The third kappa shape index (κ3) is 17.0. The minimum Gasteiger partial charge on any atom is -0.466 e. The third-order valence-corrected chi connectivity index (χ3v) is 3.74. The Balaban J connectivity index is 0. The molecule has 0 N–H and O–H groups in total. The van der Waals surface area contributed by atoms with Crippen LogP contribution in [0.2, 0.25) is 0 Å². The van der Waals surface area contributed by atoms with Gasteiger partial charge in [-0.3, -0.25) is 9.59 Å². The monoisotopic (exact) mass is 316 g/mol. The Labute approximate surface area is 136 Å². The highest BCUT2D eigenvalue weighted by molar-refractivity contribution is 5.66. The van der Waals surface area contributed by atoms with Gasteiger partial charge in [0, 0.05) is 13.8 Å². The highest BCUT2D eigenvalue weighted by Gasteiger charge is 2.06. The number of rotatable bonds is 10. The molecular weight excluding hydrogens is 280 g/mol. The minimum absolute atomic E-state index is 0.162. The molecule has 0 fully saturated rings. The zero-order valence-corrected chi connectivity index (χ0v) is 15.4. The molecule has 0 aliphatic rings. The summed E-state index contributed by atoms with van der Waals surface area (Å²) in [6.45, 7) is 12.6. The summed E-state index contributed by atoms with van der Waals surface area (Å²) in [4.78, 5) is 20.9. The first-order chi connectivity index (χ1) is 10.4. The molecule has 0 spiro atoms. The molecule has 0 radical (unpaired) electrons. The summed E-state index contributed by atoms with van der Waals surface area (Å²) < 4.78 is 9.80. The average molecular weight is 316 g/mol. The Morgan fingerprint density at radius 2 is 1.18 bits per heavy atom. The van der Waals surface area contributed by atoms with Crippen LogP contribution < -0.4 is 0 Å². The number of carbonyl (C=O) groups is 2. The zero-order chi connectivity index (χ0) is 17.4. The summed E-state index contributed by atoms with van der Waals surface area (Å²) in [5.41, 5.74) is 0. The van der Waals surface area contributed by atoms with Crippen molar-refractivity contribution in [3.8, 4) is 0 Å². The molecule has 0 aromatic heterocycles. The van der Waals surface area contributed by atoms with Gasteiger partial charge >= 0.3 is 11.9 Å². The van der Waals surface area contributed by atoms with Crippen molar-refractivity contribution in [3.05, 3.63) is 0 Å². The zero-order valence-electron chi connectivity index (χ0n) is 15.4. The van der Waals surface area contributed by atoms with Crippen molar-refractivity contribution in [1.82, 2.24) is 0 Å². The normalized spacial score (nSPS) is 11.4. The fourth-order valence-electron chi connectivity index (χ4n) is 1.89. The molecule has 0 aromatic carbocycles. The second-order valence-electron chi connectivity index (χ2n) is 5.70. The molecule has 4 heteroatoms. The van der Waals surface area contributed by atoms with Gasteiger partial charge in [0.15, 0.2) is 0 Å². The lowest BCUT2D eigenvalue weighted by molar-refractivity contribution is -0.143. The molecule has 132 valence electrons. The Hall–Kier alpha value is -1.06. The van der Waals surface area contributed by atoms with Crippen LogP contribution in [0, 0.1) is 11.8 Å². The SMILES string of the molecule is CCC(CC)COC(C)=O.CCCCC(CC)COC(C)=O. The quantitative estimate of drug-likeness (QED) is 0.546. The van der Waals surface area contributed by atoms with Crippen LogP contribution in [0.5, 0.6) is 0 Å². The van der Waals surface area contributed by atoms with Gasteiger partial charge in [0.1, 0.15) is 0 Å². The van der Waals surface area contributed by atoms with Gasteiger partial charge in [-0.25, -0.2) is 0 Å². The van der Waals surface area contributed by atoms with Crippen LogP contribution in [0.4, 0.5) is 0 Å². The van der Waals surface area contributed by atoms with Gasteiger partial charge in [-0.15, -0.1) is 0 Å². The maximum Gasteiger partial charge on any atom is 0.302 e. The molecule has 0 aliphatic heterocycles. The molecule has 1 atom stereocenters. The first-order valence-corrected chi connectivity index (χ1v) is 8.67. The Kier molecular flexibility index (Phi) is 17.2. The smallest absolute Gasteiger partial charge is 0.302 e. The van der Waals surface area contributed by atoms with Gasteiger partial charge < -0.3 is 9.47 Å².